The van der Waals surface area contributed by atoms with E-state index in [0.717, 1.165) is 6.26 Å². The second-order valence-electron chi connectivity index (χ2n) is 3.69. The molecule has 0 aliphatic heterocycles. The molecule has 0 aliphatic rings. The molecule has 0 fully saturated rings. The third-order valence-corrected chi connectivity index (χ3v) is 2.63. The average molecular weight is 265 g/mol. The third-order valence-electron chi connectivity index (χ3n) is 1.86. The van der Waals surface area contributed by atoms with Crippen LogP contribution in [0.2, 0.25) is 0 Å². The number of hydrogen-bond donors (Lipinski definition) is 0. The first kappa shape index (κ1) is 15.9. The van der Waals surface area contributed by atoms with Gasteiger partial charge in [-0.05, 0) is 13.3 Å². The van der Waals surface area contributed by atoms with Crippen LogP contribution in [0.1, 0.15) is 20.3 Å². The van der Waals surface area contributed by atoms with Gasteiger partial charge in [-0.1, -0.05) is 6.92 Å². The lowest BCUT2D eigenvalue weighted by Gasteiger charge is -2.20. The summed E-state index contributed by atoms with van der Waals surface area (Å²) in [5.41, 5.74) is 0. The highest BCUT2D eigenvalue weighted by Crippen LogP contribution is 1.97. The first-order valence-electron chi connectivity index (χ1n) is 5.41. The Labute approximate surface area is 102 Å². The molecule has 0 atom stereocenters. The van der Waals surface area contributed by atoms with Gasteiger partial charge in [0.1, 0.15) is 12.3 Å². The van der Waals surface area contributed by atoms with E-state index in [-0.39, 0.29) is 13.2 Å². The van der Waals surface area contributed by atoms with Gasteiger partial charge in [0, 0.05) is 12.8 Å². The molecule has 100 valence electrons. The molecule has 7 heteroatoms. The van der Waals surface area contributed by atoms with Gasteiger partial charge in [0.05, 0.1) is 6.61 Å². The fourth-order valence-corrected chi connectivity index (χ4v) is 1.87. The van der Waals surface area contributed by atoms with Crippen LogP contribution in [0.25, 0.3) is 0 Å². The van der Waals surface area contributed by atoms with E-state index in [4.69, 9.17) is 4.74 Å². The normalized spacial score (nSPS) is 11.0. The van der Waals surface area contributed by atoms with Crippen molar-refractivity contribution in [2.24, 2.45) is 0 Å². The Morgan fingerprint density at radius 1 is 1.24 bits per heavy atom. The number of hydrogen-bond acceptors (Lipinski definition) is 5. The Kier molecular flexibility index (Phi) is 6.79. The van der Waals surface area contributed by atoms with Crippen LogP contribution in [0.5, 0.6) is 0 Å². The summed E-state index contributed by atoms with van der Waals surface area (Å²) in [4.78, 5) is 24.1. The number of rotatable bonds is 7. The SMILES string of the molecule is CCCN(CC(=O)OCC)C(=O)CS(C)(=O)=O. The van der Waals surface area contributed by atoms with Crippen LogP contribution in [0.3, 0.4) is 0 Å². The van der Waals surface area contributed by atoms with Gasteiger partial charge in [-0.15, -0.1) is 0 Å². The van der Waals surface area contributed by atoms with Crippen LogP contribution in [0.4, 0.5) is 0 Å². The summed E-state index contributed by atoms with van der Waals surface area (Å²) in [5, 5.41) is 0. The van der Waals surface area contributed by atoms with Gasteiger partial charge in [-0.25, -0.2) is 8.42 Å². The maximum atomic E-state index is 11.6. The molecule has 0 unspecified atom stereocenters. The van der Waals surface area contributed by atoms with Gasteiger partial charge in [0.2, 0.25) is 5.91 Å². The van der Waals surface area contributed by atoms with Crippen LogP contribution in [0.15, 0.2) is 0 Å². The standard InChI is InChI=1S/C10H19NO5S/c1-4-6-11(7-10(13)16-5-2)9(12)8-17(3,14)15/h4-8H2,1-3H3. The highest BCUT2D eigenvalue weighted by atomic mass is 32.2. The molecule has 0 saturated heterocycles. The molecule has 0 rings (SSSR count). The van der Waals surface area contributed by atoms with Crippen molar-refractivity contribution in [2.75, 3.05) is 31.7 Å². The van der Waals surface area contributed by atoms with Crippen LogP contribution >= 0.6 is 0 Å². The largest absolute Gasteiger partial charge is 0.465 e. The van der Waals surface area contributed by atoms with Gasteiger partial charge in [-0.3, -0.25) is 9.59 Å². The van der Waals surface area contributed by atoms with E-state index in [1.807, 2.05) is 6.92 Å². The Morgan fingerprint density at radius 3 is 2.24 bits per heavy atom. The minimum atomic E-state index is -3.38. The lowest BCUT2D eigenvalue weighted by molar-refractivity contribution is -0.148. The Bertz CT molecular complexity index is 363. The number of esters is 1. The minimum Gasteiger partial charge on any atom is -0.465 e. The number of carbonyl (C=O) groups excluding carboxylic acids is 2. The maximum Gasteiger partial charge on any atom is 0.325 e. The zero-order valence-corrected chi connectivity index (χ0v) is 11.2. The van der Waals surface area contributed by atoms with Crippen LogP contribution in [0, 0.1) is 0 Å². The number of nitrogens with zero attached hydrogens (tertiary/aromatic N) is 1. The molecule has 0 saturated carbocycles. The number of amides is 1. The highest BCUT2D eigenvalue weighted by molar-refractivity contribution is 7.91. The molecule has 0 aromatic heterocycles. The highest BCUT2D eigenvalue weighted by Gasteiger charge is 2.20. The van der Waals surface area contributed by atoms with Gasteiger partial charge in [0.15, 0.2) is 9.84 Å². The summed E-state index contributed by atoms with van der Waals surface area (Å²) < 4.78 is 26.7. The average Bonchev–Trinajstić information content (AvgIpc) is 2.14. The van der Waals surface area contributed by atoms with Crippen LogP contribution in [-0.4, -0.2) is 56.9 Å². The Balaban J connectivity index is 4.51. The lowest BCUT2D eigenvalue weighted by Crippen LogP contribution is -2.40. The quantitative estimate of drug-likeness (QED) is 0.597. The molecule has 0 spiro atoms. The van der Waals surface area contributed by atoms with Crippen LogP contribution in [-0.2, 0) is 24.2 Å². The van der Waals surface area contributed by atoms with Gasteiger partial charge in [-0.2, -0.15) is 0 Å². The van der Waals surface area contributed by atoms with E-state index < -0.39 is 27.5 Å². The molecule has 0 bridgehead atoms. The van der Waals surface area contributed by atoms with Crippen molar-refractivity contribution < 1.29 is 22.7 Å². The first-order valence-corrected chi connectivity index (χ1v) is 7.47. The maximum absolute atomic E-state index is 11.6. The lowest BCUT2D eigenvalue weighted by atomic mass is 10.4. The third kappa shape index (κ3) is 7.73. The number of carbonyl (C=O) groups is 2. The van der Waals surface area contributed by atoms with E-state index in [0.29, 0.717) is 13.0 Å². The summed E-state index contributed by atoms with van der Waals surface area (Å²) in [6.45, 7) is 3.88. The van der Waals surface area contributed by atoms with Gasteiger partial charge >= 0.3 is 5.97 Å². The molecule has 6 nitrogen and oxygen atoms in total. The molecular formula is C10H19NO5S. The van der Waals surface area contributed by atoms with E-state index in [9.17, 15) is 18.0 Å². The molecule has 17 heavy (non-hydrogen) atoms. The topological polar surface area (TPSA) is 80.8 Å². The summed E-state index contributed by atoms with van der Waals surface area (Å²) in [7, 11) is -3.38. The predicted octanol–water partition coefficient (Wildman–Crippen LogP) is -0.167. The van der Waals surface area contributed by atoms with Gasteiger partial charge in [0.25, 0.3) is 0 Å². The second-order valence-corrected chi connectivity index (χ2v) is 5.83. The molecule has 1 amide bonds. The summed E-state index contributed by atoms with van der Waals surface area (Å²) in [5.74, 6) is -1.67. The molecule has 0 aromatic rings. The van der Waals surface area contributed by atoms with Gasteiger partial charge < -0.3 is 9.64 Å². The summed E-state index contributed by atoms with van der Waals surface area (Å²) in [6.07, 6.45) is 1.63. The monoisotopic (exact) mass is 265 g/mol. The van der Waals surface area contributed by atoms with E-state index in [1.54, 1.807) is 6.92 Å². The number of ether oxygens (including phenoxy) is 1. The fraction of sp³-hybridized carbons (Fsp3) is 0.800. The second kappa shape index (κ2) is 7.26. The predicted molar refractivity (Wildman–Crippen MR) is 63.2 cm³/mol. The molecule has 0 N–H and O–H groups in total. The van der Waals surface area contributed by atoms with E-state index in [1.165, 1.54) is 4.90 Å². The Hall–Kier alpha value is -1.11. The molecule has 0 heterocycles. The van der Waals surface area contributed by atoms with Crippen molar-refractivity contribution in [3.63, 3.8) is 0 Å². The van der Waals surface area contributed by atoms with Crippen molar-refractivity contribution in [1.82, 2.24) is 4.90 Å². The smallest absolute Gasteiger partial charge is 0.325 e. The summed E-state index contributed by atoms with van der Waals surface area (Å²) >= 11 is 0. The zero-order chi connectivity index (χ0) is 13.5. The van der Waals surface area contributed by atoms with Crippen molar-refractivity contribution in [3.8, 4) is 0 Å². The first-order chi connectivity index (χ1) is 7.80. The zero-order valence-electron chi connectivity index (χ0n) is 10.4. The van der Waals surface area contributed by atoms with Crippen molar-refractivity contribution in [2.45, 2.75) is 20.3 Å². The molecule has 0 aliphatic carbocycles. The van der Waals surface area contributed by atoms with Crippen LogP contribution < -0.4 is 0 Å². The minimum absolute atomic E-state index is 0.198. The Morgan fingerprint density at radius 2 is 1.82 bits per heavy atom. The fourth-order valence-electron chi connectivity index (χ4n) is 1.24. The van der Waals surface area contributed by atoms with E-state index in [2.05, 4.69) is 0 Å². The van der Waals surface area contributed by atoms with Crippen molar-refractivity contribution in [1.29, 1.82) is 0 Å². The molecule has 0 aromatic carbocycles. The molecule has 0 radical (unpaired) electrons. The van der Waals surface area contributed by atoms with E-state index >= 15 is 0 Å². The van der Waals surface area contributed by atoms with Crippen molar-refractivity contribution in [3.05, 3.63) is 0 Å². The van der Waals surface area contributed by atoms with Crippen molar-refractivity contribution >= 4 is 21.7 Å². The molecular weight excluding hydrogens is 246 g/mol. The number of sulfone groups is 1. The summed E-state index contributed by atoms with van der Waals surface area (Å²) in [6, 6.07) is 0.